The fourth-order valence-corrected chi connectivity index (χ4v) is 2.43. The first-order chi connectivity index (χ1) is 7.63. The number of aliphatic hydroxyl groups is 1. The first-order valence-corrected chi connectivity index (χ1v) is 5.53. The lowest BCUT2D eigenvalue weighted by atomic mass is 9.89. The average Bonchev–Trinajstić information content (AvgIpc) is 2.53. The van der Waals surface area contributed by atoms with Crippen LogP contribution in [0.4, 0.5) is 0 Å². The number of hydrogen-bond donors (Lipinski definition) is 1. The van der Waals surface area contributed by atoms with E-state index in [4.69, 9.17) is 6.42 Å². The Morgan fingerprint density at radius 2 is 2.19 bits per heavy atom. The van der Waals surface area contributed by atoms with Crippen LogP contribution in [0.1, 0.15) is 36.0 Å². The van der Waals surface area contributed by atoms with Crippen molar-refractivity contribution < 1.29 is 5.11 Å². The SMILES string of the molecule is C#CCC(O)C1C(C)=Cc2cc(C)ccc21. The molecule has 1 heteroatoms. The summed E-state index contributed by atoms with van der Waals surface area (Å²) in [4.78, 5) is 0. The van der Waals surface area contributed by atoms with E-state index in [0.29, 0.717) is 6.42 Å². The number of rotatable bonds is 2. The van der Waals surface area contributed by atoms with Crippen molar-refractivity contribution in [3.63, 3.8) is 0 Å². The molecule has 1 N–H and O–H groups in total. The fraction of sp³-hybridized carbons (Fsp3) is 0.333. The summed E-state index contributed by atoms with van der Waals surface area (Å²) >= 11 is 0. The maximum absolute atomic E-state index is 10.1. The molecule has 1 aromatic carbocycles. The van der Waals surface area contributed by atoms with E-state index in [9.17, 15) is 5.11 Å². The van der Waals surface area contributed by atoms with Gasteiger partial charge in [-0.2, -0.15) is 0 Å². The second-order valence-corrected chi connectivity index (χ2v) is 4.47. The maximum atomic E-state index is 10.1. The molecule has 16 heavy (non-hydrogen) atoms. The molecule has 2 rings (SSSR count). The van der Waals surface area contributed by atoms with E-state index in [0.717, 1.165) is 0 Å². The zero-order chi connectivity index (χ0) is 11.7. The highest BCUT2D eigenvalue weighted by Gasteiger charge is 2.28. The van der Waals surface area contributed by atoms with Crippen molar-refractivity contribution in [2.45, 2.75) is 32.3 Å². The maximum Gasteiger partial charge on any atom is 0.0755 e. The molecule has 1 nitrogen and oxygen atoms in total. The van der Waals surface area contributed by atoms with E-state index in [2.05, 4.69) is 44.0 Å². The average molecular weight is 212 g/mol. The van der Waals surface area contributed by atoms with Crippen LogP contribution in [0, 0.1) is 19.3 Å². The predicted octanol–water partition coefficient (Wildman–Crippen LogP) is 2.88. The van der Waals surface area contributed by atoms with Crippen LogP contribution in [0.15, 0.2) is 23.8 Å². The van der Waals surface area contributed by atoms with Crippen molar-refractivity contribution in [3.8, 4) is 12.3 Å². The predicted molar refractivity (Wildman–Crippen MR) is 67.0 cm³/mol. The van der Waals surface area contributed by atoms with Crippen LogP contribution in [-0.4, -0.2) is 11.2 Å². The fourth-order valence-electron chi connectivity index (χ4n) is 2.43. The van der Waals surface area contributed by atoms with E-state index < -0.39 is 6.10 Å². The Morgan fingerprint density at radius 3 is 2.88 bits per heavy atom. The normalized spacial score (nSPS) is 19.9. The number of fused-ring (bicyclic) bond motifs is 1. The summed E-state index contributed by atoms with van der Waals surface area (Å²) in [5, 5.41) is 10.1. The molecule has 82 valence electrons. The third-order valence-electron chi connectivity index (χ3n) is 3.16. The van der Waals surface area contributed by atoms with Gasteiger partial charge >= 0.3 is 0 Å². The molecular weight excluding hydrogens is 196 g/mol. The van der Waals surface area contributed by atoms with Crippen molar-refractivity contribution in [1.29, 1.82) is 0 Å². The molecule has 0 aliphatic heterocycles. The van der Waals surface area contributed by atoms with Gasteiger partial charge in [0.15, 0.2) is 0 Å². The Morgan fingerprint density at radius 1 is 1.44 bits per heavy atom. The summed E-state index contributed by atoms with van der Waals surface area (Å²) in [7, 11) is 0. The number of benzene rings is 1. The molecule has 2 atom stereocenters. The lowest BCUT2D eigenvalue weighted by Gasteiger charge is -2.19. The van der Waals surface area contributed by atoms with Crippen LogP contribution in [-0.2, 0) is 0 Å². The van der Waals surface area contributed by atoms with E-state index in [1.807, 2.05) is 0 Å². The van der Waals surface area contributed by atoms with Gasteiger partial charge < -0.3 is 5.11 Å². The molecule has 0 bridgehead atoms. The van der Waals surface area contributed by atoms with Crippen molar-refractivity contribution in [2.24, 2.45) is 0 Å². The summed E-state index contributed by atoms with van der Waals surface area (Å²) in [5.41, 5.74) is 4.86. The summed E-state index contributed by atoms with van der Waals surface area (Å²) < 4.78 is 0. The number of aliphatic hydroxyl groups excluding tert-OH is 1. The molecule has 0 spiro atoms. The summed E-state index contributed by atoms with van der Waals surface area (Å²) in [6, 6.07) is 6.34. The number of terminal acetylenes is 1. The molecule has 0 amide bonds. The highest BCUT2D eigenvalue weighted by molar-refractivity contribution is 5.67. The Hall–Kier alpha value is -1.52. The van der Waals surface area contributed by atoms with Gasteiger partial charge in [0.05, 0.1) is 6.10 Å². The third kappa shape index (κ3) is 1.77. The molecule has 0 saturated heterocycles. The third-order valence-corrected chi connectivity index (χ3v) is 3.16. The lowest BCUT2D eigenvalue weighted by molar-refractivity contribution is 0.162. The molecule has 1 aliphatic carbocycles. The van der Waals surface area contributed by atoms with Crippen LogP contribution in [0.2, 0.25) is 0 Å². The second-order valence-electron chi connectivity index (χ2n) is 4.47. The van der Waals surface area contributed by atoms with Crippen molar-refractivity contribution in [2.75, 3.05) is 0 Å². The van der Waals surface area contributed by atoms with Gasteiger partial charge in [-0.25, -0.2) is 0 Å². The second kappa shape index (κ2) is 4.15. The minimum absolute atomic E-state index is 0.0756. The largest absolute Gasteiger partial charge is 0.391 e. The van der Waals surface area contributed by atoms with Gasteiger partial charge in [0.2, 0.25) is 0 Å². The number of aryl methyl sites for hydroxylation is 1. The van der Waals surface area contributed by atoms with E-state index >= 15 is 0 Å². The van der Waals surface area contributed by atoms with Crippen molar-refractivity contribution >= 4 is 6.08 Å². The van der Waals surface area contributed by atoms with Crippen LogP contribution in [0.25, 0.3) is 6.08 Å². The van der Waals surface area contributed by atoms with Crippen LogP contribution in [0.3, 0.4) is 0 Å². The minimum Gasteiger partial charge on any atom is -0.391 e. The smallest absolute Gasteiger partial charge is 0.0755 e. The quantitative estimate of drug-likeness (QED) is 0.747. The molecule has 0 heterocycles. The van der Waals surface area contributed by atoms with Gasteiger partial charge in [-0.15, -0.1) is 12.3 Å². The van der Waals surface area contributed by atoms with Crippen LogP contribution >= 0.6 is 0 Å². The van der Waals surface area contributed by atoms with Gasteiger partial charge in [0.25, 0.3) is 0 Å². The van der Waals surface area contributed by atoms with Crippen LogP contribution < -0.4 is 0 Å². The zero-order valence-electron chi connectivity index (χ0n) is 9.70. The van der Waals surface area contributed by atoms with Gasteiger partial charge in [-0.1, -0.05) is 35.4 Å². The Kier molecular flexibility index (Phi) is 2.85. The highest BCUT2D eigenvalue weighted by atomic mass is 16.3. The summed E-state index contributed by atoms with van der Waals surface area (Å²) in [6.45, 7) is 4.13. The first kappa shape index (κ1) is 11.0. The lowest BCUT2D eigenvalue weighted by Crippen LogP contribution is -2.17. The standard InChI is InChI=1S/C15H16O/c1-4-5-14(16)15-11(3)9-12-8-10(2)6-7-13(12)15/h1,6-9,14-16H,5H2,2-3H3. The molecular formula is C15H16O. The molecule has 1 aromatic rings. The highest BCUT2D eigenvalue weighted by Crippen LogP contribution is 2.39. The van der Waals surface area contributed by atoms with E-state index in [1.165, 1.54) is 22.3 Å². The van der Waals surface area contributed by atoms with Gasteiger partial charge in [0.1, 0.15) is 0 Å². The first-order valence-electron chi connectivity index (χ1n) is 5.53. The van der Waals surface area contributed by atoms with Crippen molar-refractivity contribution in [3.05, 3.63) is 40.5 Å². The number of hydrogen-bond acceptors (Lipinski definition) is 1. The van der Waals surface area contributed by atoms with Crippen molar-refractivity contribution in [1.82, 2.24) is 0 Å². The summed E-state index contributed by atoms with van der Waals surface area (Å²) in [5.74, 6) is 2.61. The monoisotopic (exact) mass is 212 g/mol. The minimum atomic E-state index is -0.467. The molecule has 0 radical (unpaired) electrons. The zero-order valence-corrected chi connectivity index (χ0v) is 9.70. The van der Waals surface area contributed by atoms with Gasteiger partial charge in [0, 0.05) is 12.3 Å². The topological polar surface area (TPSA) is 20.2 Å². The van der Waals surface area contributed by atoms with Gasteiger partial charge in [-0.05, 0) is 25.0 Å². The molecule has 2 unspecified atom stereocenters. The molecule has 0 aromatic heterocycles. The van der Waals surface area contributed by atoms with E-state index in [-0.39, 0.29) is 5.92 Å². The Bertz CT molecular complexity index is 477. The molecule has 1 aliphatic rings. The van der Waals surface area contributed by atoms with Crippen LogP contribution in [0.5, 0.6) is 0 Å². The Balaban J connectivity index is 2.39. The molecule has 0 fully saturated rings. The van der Waals surface area contributed by atoms with Gasteiger partial charge in [-0.3, -0.25) is 0 Å². The Labute approximate surface area is 96.8 Å². The van der Waals surface area contributed by atoms with E-state index in [1.54, 1.807) is 0 Å². The molecule has 0 saturated carbocycles. The summed E-state index contributed by atoms with van der Waals surface area (Å²) in [6.07, 6.45) is 7.34.